The molecule has 1 aliphatic heterocycles. The van der Waals surface area contributed by atoms with Crippen molar-refractivity contribution in [2.45, 2.75) is 19.9 Å². The van der Waals surface area contributed by atoms with E-state index in [1.807, 2.05) is 0 Å². The maximum atomic E-state index is 11.7. The lowest BCUT2D eigenvalue weighted by molar-refractivity contribution is -0.124. The topological polar surface area (TPSA) is 41.1 Å². The second kappa shape index (κ2) is 4.77. The van der Waals surface area contributed by atoms with Crippen molar-refractivity contribution < 1.29 is 4.79 Å². The molecule has 1 amide bonds. The maximum Gasteiger partial charge on any atom is 0.224 e. The van der Waals surface area contributed by atoms with Gasteiger partial charge in [-0.3, -0.25) is 4.79 Å². The summed E-state index contributed by atoms with van der Waals surface area (Å²) < 4.78 is 0. The lowest BCUT2D eigenvalue weighted by Gasteiger charge is -2.09. The molecule has 0 aliphatic carbocycles. The molecule has 0 bridgehead atoms. The van der Waals surface area contributed by atoms with Gasteiger partial charge in [0.05, 0.1) is 12.5 Å². The third kappa shape index (κ3) is 2.58. The summed E-state index contributed by atoms with van der Waals surface area (Å²) >= 11 is 1.70. The van der Waals surface area contributed by atoms with Gasteiger partial charge >= 0.3 is 0 Å². The molecule has 1 fully saturated rings. The highest BCUT2D eigenvalue weighted by molar-refractivity contribution is 7.10. The lowest BCUT2D eigenvalue weighted by atomic mass is 10.1. The highest BCUT2D eigenvalue weighted by Gasteiger charge is 2.21. The molecule has 82 valence electrons. The minimum Gasteiger partial charge on any atom is -0.351 e. The highest BCUT2D eigenvalue weighted by atomic mass is 32.1. The van der Waals surface area contributed by atoms with E-state index in [0.717, 1.165) is 19.5 Å². The summed E-state index contributed by atoms with van der Waals surface area (Å²) in [7, 11) is 0. The Morgan fingerprint density at radius 1 is 1.73 bits per heavy atom. The number of thiophene rings is 1. The number of amides is 1. The molecule has 1 aromatic heterocycles. The van der Waals surface area contributed by atoms with E-state index in [4.69, 9.17) is 0 Å². The Balaban J connectivity index is 1.83. The Morgan fingerprint density at radius 3 is 3.20 bits per heavy atom. The van der Waals surface area contributed by atoms with Crippen molar-refractivity contribution in [1.29, 1.82) is 0 Å². The molecule has 0 spiro atoms. The van der Waals surface area contributed by atoms with Crippen LogP contribution in [0.25, 0.3) is 0 Å². The van der Waals surface area contributed by atoms with E-state index in [0.29, 0.717) is 6.54 Å². The Hall–Kier alpha value is -0.870. The van der Waals surface area contributed by atoms with Crippen molar-refractivity contribution in [3.05, 3.63) is 21.9 Å². The second-order valence-corrected chi connectivity index (χ2v) is 4.93. The van der Waals surface area contributed by atoms with Gasteiger partial charge in [0.25, 0.3) is 0 Å². The molecule has 3 nitrogen and oxygen atoms in total. The highest BCUT2D eigenvalue weighted by Crippen LogP contribution is 2.15. The molecule has 0 saturated carbocycles. The molecule has 1 atom stereocenters. The average molecular weight is 224 g/mol. The largest absolute Gasteiger partial charge is 0.351 e. The van der Waals surface area contributed by atoms with Gasteiger partial charge in [-0.05, 0) is 36.9 Å². The summed E-state index contributed by atoms with van der Waals surface area (Å²) in [6.45, 7) is 4.55. The predicted octanol–water partition coefficient (Wildman–Crippen LogP) is 1.28. The Bertz CT molecular complexity index is 342. The molecule has 15 heavy (non-hydrogen) atoms. The molecule has 0 radical (unpaired) electrons. The number of aryl methyl sites for hydroxylation is 1. The average Bonchev–Trinajstić information content (AvgIpc) is 2.85. The number of carbonyl (C=O) groups excluding carboxylic acids is 1. The fourth-order valence-electron chi connectivity index (χ4n) is 1.78. The fraction of sp³-hybridized carbons (Fsp3) is 0.545. The van der Waals surface area contributed by atoms with Gasteiger partial charge in [-0.15, -0.1) is 11.3 Å². The van der Waals surface area contributed by atoms with Crippen molar-refractivity contribution in [3.8, 4) is 0 Å². The van der Waals surface area contributed by atoms with Crippen LogP contribution in [0.15, 0.2) is 11.4 Å². The molecule has 4 heteroatoms. The summed E-state index contributed by atoms with van der Waals surface area (Å²) in [5.41, 5.74) is 1.27. The van der Waals surface area contributed by atoms with E-state index in [-0.39, 0.29) is 11.8 Å². The van der Waals surface area contributed by atoms with Crippen LogP contribution in [0, 0.1) is 12.8 Å². The zero-order valence-corrected chi connectivity index (χ0v) is 9.69. The number of nitrogens with one attached hydrogen (secondary N) is 2. The van der Waals surface area contributed by atoms with Gasteiger partial charge in [0.15, 0.2) is 0 Å². The van der Waals surface area contributed by atoms with Crippen molar-refractivity contribution in [1.82, 2.24) is 10.6 Å². The van der Waals surface area contributed by atoms with Crippen molar-refractivity contribution >= 4 is 17.2 Å². The van der Waals surface area contributed by atoms with Crippen LogP contribution >= 0.6 is 11.3 Å². The maximum absolute atomic E-state index is 11.7. The van der Waals surface area contributed by atoms with Crippen molar-refractivity contribution in [3.63, 3.8) is 0 Å². The molecular weight excluding hydrogens is 208 g/mol. The van der Waals surface area contributed by atoms with Crippen LogP contribution in [0.3, 0.4) is 0 Å². The van der Waals surface area contributed by atoms with Gasteiger partial charge in [0.1, 0.15) is 0 Å². The minimum absolute atomic E-state index is 0.172. The number of hydrogen-bond acceptors (Lipinski definition) is 3. The molecule has 2 heterocycles. The predicted molar refractivity (Wildman–Crippen MR) is 61.9 cm³/mol. The monoisotopic (exact) mass is 224 g/mol. The first kappa shape index (κ1) is 10.6. The summed E-state index contributed by atoms with van der Waals surface area (Å²) in [6, 6.07) is 2.09. The van der Waals surface area contributed by atoms with E-state index in [1.165, 1.54) is 10.4 Å². The molecular formula is C11H16N2OS. The van der Waals surface area contributed by atoms with E-state index in [9.17, 15) is 4.79 Å². The van der Waals surface area contributed by atoms with Crippen LogP contribution in [0.2, 0.25) is 0 Å². The minimum atomic E-state index is 0.172. The van der Waals surface area contributed by atoms with Gasteiger partial charge in [-0.2, -0.15) is 0 Å². The number of rotatable bonds is 3. The molecule has 0 aromatic carbocycles. The molecule has 0 unspecified atom stereocenters. The van der Waals surface area contributed by atoms with Gasteiger partial charge in [0.2, 0.25) is 5.91 Å². The van der Waals surface area contributed by atoms with E-state index < -0.39 is 0 Å². The molecule has 1 aromatic rings. The third-order valence-corrected chi connectivity index (χ3v) is 3.85. The molecule has 2 N–H and O–H groups in total. The van der Waals surface area contributed by atoms with Crippen LogP contribution in [-0.2, 0) is 11.3 Å². The normalized spacial score (nSPS) is 20.5. The second-order valence-electron chi connectivity index (χ2n) is 3.93. The van der Waals surface area contributed by atoms with E-state index in [1.54, 1.807) is 11.3 Å². The Labute approximate surface area is 93.9 Å². The van der Waals surface area contributed by atoms with Crippen LogP contribution in [0.5, 0.6) is 0 Å². The summed E-state index contributed by atoms with van der Waals surface area (Å²) in [5.74, 6) is 0.359. The standard InChI is InChI=1S/C11H16N2OS/c1-8-3-5-15-10(8)7-13-11(14)9-2-4-12-6-9/h3,5,9,12H,2,4,6-7H2,1H3,(H,13,14)/t9-/m0/s1. The summed E-state index contributed by atoms with van der Waals surface area (Å²) in [4.78, 5) is 13.0. The first-order valence-corrected chi connectivity index (χ1v) is 6.16. The number of carbonyl (C=O) groups is 1. The SMILES string of the molecule is Cc1ccsc1CNC(=O)[C@H]1CCNC1. The van der Waals surface area contributed by atoms with Gasteiger partial charge in [-0.1, -0.05) is 0 Å². The fourth-order valence-corrected chi connectivity index (χ4v) is 2.62. The smallest absolute Gasteiger partial charge is 0.224 e. The Kier molecular flexibility index (Phi) is 3.38. The van der Waals surface area contributed by atoms with Crippen LogP contribution in [0.1, 0.15) is 16.9 Å². The summed E-state index contributed by atoms with van der Waals surface area (Å²) in [5, 5.41) is 8.26. The quantitative estimate of drug-likeness (QED) is 0.812. The first-order chi connectivity index (χ1) is 7.27. The van der Waals surface area contributed by atoms with Gasteiger partial charge < -0.3 is 10.6 Å². The van der Waals surface area contributed by atoms with Crippen molar-refractivity contribution in [2.75, 3.05) is 13.1 Å². The molecule has 1 saturated heterocycles. The van der Waals surface area contributed by atoms with E-state index >= 15 is 0 Å². The Morgan fingerprint density at radius 2 is 2.60 bits per heavy atom. The van der Waals surface area contributed by atoms with Crippen LogP contribution < -0.4 is 10.6 Å². The molecule has 2 rings (SSSR count). The zero-order chi connectivity index (χ0) is 10.7. The first-order valence-electron chi connectivity index (χ1n) is 5.29. The lowest BCUT2D eigenvalue weighted by Crippen LogP contribution is -2.31. The van der Waals surface area contributed by atoms with E-state index in [2.05, 4.69) is 29.0 Å². The zero-order valence-electron chi connectivity index (χ0n) is 8.88. The van der Waals surface area contributed by atoms with Gasteiger partial charge in [-0.25, -0.2) is 0 Å². The summed E-state index contributed by atoms with van der Waals surface area (Å²) in [6.07, 6.45) is 0.968. The molecule has 1 aliphatic rings. The van der Waals surface area contributed by atoms with Crippen LogP contribution in [0.4, 0.5) is 0 Å². The van der Waals surface area contributed by atoms with Gasteiger partial charge in [0, 0.05) is 11.4 Å². The number of hydrogen-bond donors (Lipinski definition) is 2. The third-order valence-electron chi connectivity index (χ3n) is 2.82. The van der Waals surface area contributed by atoms with Crippen molar-refractivity contribution in [2.24, 2.45) is 5.92 Å². The van der Waals surface area contributed by atoms with Crippen LogP contribution in [-0.4, -0.2) is 19.0 Å².